The van der Waals surface area contributed by atoms with E-state index in [4.69, 9.17) is 5.73 Å². The number of amides is 1. The maximum atomic E-state index is 12.0. The van der Waals surface area contributed by atoms with Crippen LogP contribution < -0.4 is 10.5 Å². The standard InChI is InChI=1S/C12H10F3N3O2/c1-18-9(10(19)17-11(18)16)6-7-2-4-8(5-3-7)20-12(13,14)15/h2-6H,1H3,(H2,16,17,19). The molecule has 0 fully saturated rings. The molecule has 0 spiro atoms. The van der Waals surface area contributed by atoms with Crippen LogP contribution in [0.25, 0.3) is 6.08 Å². The van der Waals surface area contributed by atoms with Gasteiger partial charge in [-0.1, -0.05) is 12.1 Å². The highest BCUT2D eigenvalue weighted by Crippen LogP contribution is 2.24. The van der Waals surface area contributed by atoms with Crippen molar-refractivity contribution < 1.29 is 22.7 Å². The van der Waals surface area contributed by atoms with Gasteiger partial charge >= 0.3 is 6.36 Å². The van der Waals surface area contributed by atoms with Gasteiger partial charge in [0.15, 0.2) is 0 Å². The van der Waals surface area contributed by atoms with Crippen molar-refractivity contribution in [3.8, 4) is 5.75 Å². The summed E-state index contributed by atoms with van der Waals surface area (Å²) in [6, 6.07) is 5.10. The third-order valence-electron chi connectivity index (χ3n) is 2.56. The van der Waals surface area contributed by atoms with E-state index in [1.165, 1.54) is 23.1 Å². The number of hydrogen-bond donors (Lipinski definition) is 1. The Morgan fingerprint density at radius 3 is 2.35 bits per heavy atom. The number of benzene rings is 1. The molecule has 1 aliphatic heterocycles. The monoisotopic (exact) mass is 285 g/mol. The summed E-state index contributed by atoms with van der Waals surface area (Å²) in [5.74, 6) is -0.764. The van der Waals surface area contributed by atoms with Crippen molar-refractivity contribution >= 4 is 17.9 Å². The molecule has 1 heterocycles. The Hall–Kier alpha value is -2.51. The van der Waals surface area contributed by atoms with Gasteiger partial charge in [-0.3, -0.25) is 4.79 Å². The van der Waals surface area contributed by atoms with E-state index in [1.54, 1.807) is 7.05 Å². The summed E-state index contributed by atoms with van der Waals surface area (Å²) in [6.45, 7) is 0. The summed E-state index contributed by atoms with van der Waals surface area (Å²) in [6.07, 6.45) is -3.26. The van der Waals surface area contributed by atoms with Crippen LogP contribution in [0, 0.1) is 0 Å². The van der Waals surface area contributed by atoms with Crippen LogP contribution >= 0.6 is 0 Å². The molecule has 0 aliphatic carbocycles. The quantitative estimate of drug-likeness (QED) is 0.840. The van der Waals surface area contributed by atoms with E-state index >= 15 is 0 Å². The van der Waals surface area contributed by atoms with Gasteiger partial charge in [0, 0.05) is 7.05 Å². The first kappa shape index (κ1) is 13.9. The van der Waals surface area contributed by atoms with Gasteiger partial charge in [0.25, 0.3) is 5.91 Å². The second-order valence-corrected chi connectivity index (χ2v) is 3.98. The number of ether oxygens (including phenoxy) is 1. The van der Waals surface area contributed by atoms with Crippen molar-refractivity contribution in [2.45, 2.75) is 6.36 Å². The molecule has 2 rings (SSSR count). The predicted molar refractivity (Wildman–Crippen MR) is 65.5 cm³/mol. The molecule has 0 atom stereocenters. The lowest BCUT2D eigenvalue weighted by Gasteiger charge is -2.11. The van der Waals surface area contributed by atoms with E-state index in [0.717, 1.165) is 12.1 Å². The molecule has 8 heteroatoms. The molecular weight excluding hydrogens is 275 g/mol. The number of alkyl halides is 3. The minimum Gasteiger partial charge on any atom is -0.406 e. The van der Waals surface area contributed by atoms with E-state index in [0.29, 0.717) is 5.56 Å². The molecule has 1 aromatic rings. The Kier molecular flexibility index (Phi) is 3.39. The van der Waals surface area contributed by atoms with Crippen LogP contribution in [-0.4, -0.2) is 30.2 Å². The van der Waals surface area contributed by atoms with E-state index in [1.807, 2.05) is 0 Å². The lowest BCUT2D eigenvalue weighted by Crippen LogP contribution is -2.28. The first-order valence-electron chi connectivity index (χ1n) is 5.46. The molecule has 0 unspecified atom stereocenters. The highest BCUT2D eigenvalue weighted by Gasteiger charge is 2.31. The lowest BCUT2D eigenvalue weighted by molar-refractivity contribution is -0.274. The third-order valence-corrected chi connectivity index (χ3v) is 2.56. The largest absolute Gasteiger partial charge is 0.573 e. The molecule has 20 heavy (non-hydrogen) atoms. The fraction of sp³-hybridized carbons (Fsp3) is 0.167. The molecule has 5 nitrogen and oxygen atoms in total. The number of likely N-dealkylation sites (N-methyl/N-ethyl adjacent to an activating group) is 1. The molecule has 0 saturated carbocycles. The van der Waals surface area contributed by atoms with Crippen LogP contribution in [0.15, 0.2) is 35.0 Å². The number of guanidine groups is 1. The normalized spacial score (nSPS) is 17.6. The Morgan fingerprint density at radius 1 is 1.30 bits per heavy atom. The fourth-order valence-electron chi connectivity index (χ4n) is 1.59. The molecule has 0 radical (unpaired) electrons. The summed E-state index contributed by atoms with van der Waals surface area (Å²) in [7, 11) is 1.57. The lowest BCUT2D eigenvalue weighted by atomic mass is 10.2. The number of carbonyl (C=O) groups excluding carboxylic acids is 1. The first-order valence-corrected chi connectivity index (χ1v) is 5.46. The van der Waals surface area contributed by atoms with Crippen molar-refractivity contribution in [3.05, 3.63) is 35.5 Å². The average Bonchev–Trinajstić information content (AvgIpc) is 2.56. The second kappa shape index (κ2) is 4.87. The van der Waals surface area contributed by atoms with E-state index in [-0.39, 0.29) is 17.4 Å². The van der Waals surface area contributed by atoms with E-state index < -0.39 is 12.3 Å². The van der Waals surface area contributed by atoms with Gasteiger partial charge in [-0.25, -0.2) is 0 Å². The molecule has 1 amide bonds. The fourth-order valence-corrected chi connectivity index (χ4v) is 1.59. The minimum atomic E-state index is -4.73. The van der Waals surface area contributed by atoms with Crippen LogP contribution in [0.3, 0.4) is 0 Å². The molecule has 0 bridgehead atoms. The van der Waals surface area contributed by atoms with Gasteiger partial charge in [0.1, 0.15) is 11.4 Å². The van der Waals surface area contributed by atoms with Crippen LogP contribution in [0.2, 0.25) is 0 Å². The van der Waals surface area contributed by atoms with Gasteiger partial charge in [0.2, 0.25) is 5.96 Å². The average molecular weight is 285 g/mol. The number of hydrogen-bond acceptors (Lipinski definition) is 4. The molecule has 106 valence electrons. The number of rotatable bonds is 2. The maximum absolute atomic E-state index is 12.0. The van der Waals surface area contributed by atoms with Gasteiger partial charge in [-0.05, 0) is 23.8 Å². The van der Waals surface area contributed by atoms with Crippen molar-refractivity contribution in [3.63, 3.8) is 0 Å². The van der Waals surface area contributed by atoms with Gasteiger partial charge in [-0.15, -0.1) is 13.2 Å². The van der Waals surface area contributed by atoms with Crippen molar-refractivity contribution in [2.24, 2.45) is 10.7 Å². The highest BCUT2D eigenvalue weighted by atomic mass is 19.4. The number of carbonyl (C=O) groups is 1. The summed E-state index contributed by atoms with van der Waals surface area (Å²) in [4.78, 5) is 16.4. The number of halogens is 3. The molecule has 1 aromatic carbocycles. The number of aliphatic imine (C=N–C) groups is 1. The van der Waals surface area contributed by atoms with Crippen LogP contribution in [0.5, 0.6) is 5.75 Å². The zero-order chi connectivity index (χ0) is 14.9. The van der Waals surface area contributed by atoms with Crippen LogP contribution in [0.1, 0.15) is 5.56 Å². The Labute approximate surface area is 112 Å². The zero-order valence-electron chi connectivity index (χ0n) is 10.3. The smallest absolute Gasteiger partial charge is 0.406 e. The van der Waals surface area contributed by atoms with Crippen molar-refractivity contribution in [1.82, 2.24) is 4.90 Å². The topological polar surface area (TPSA) is 67.9 Å². The molecule has 0 saturated heterocycles. The highest BCUT2D eigenvalue weighted by molar-refractivity contribution is 6.11. The van der Waals surface area contributed by atoms with Gasteiger partial charge in [0.05, 0.1) is 0 Å². The van der Waals surface area contributed by atoms with Crippen LogP contribution in [-0.2, 0) is 4.79 Å². The van der Waals surface area contributed by atoms with Gasteiger partial charge in [-0.2, -0.15) is 4.99 Å². The second-order valence-electron chi connectivity index (χ2n) is 3.98. The Balaban J connectivity index is 2.18. The predicted octanol–water partition coefficient (Wildman–Crippen LogP) is 1.71. The maximum Gasteiger partial charge on any atom is 0.573 e. The van der Waals surface area contributed by atoms with Gasteiger partial charge < -0.3 is 15.4 Å². The molecule has 2 N–H and O–H groups in total. The summed E-state index contributed by atoms with van der Waals surface area (Å²) >= 11 is 0. The van der Waals surface area contributed by atoms with E-state index in [2.05, 4.69) is 9.73 Å². The summed E-state index contributed by atoms with van der Waals surface area (Å²) in [5, 5.41) is 0. The SMILES string of the molecule is CN1C(=Cc2ccc(OC(F)(F)F)cc2)C(=O)N=C1N. The molecule has 0 aromatic heterocycles. The summed E-state index contributed by atoms with van der Waals surface area (Å²) in [5.41, 5.74) is 6.25. The Morgan fingerprint density at radius 2 is 1.90 bits per heavy atom. The first-order chi connectivity index (χ1) is 9.26. The van der Waals surface area contributed by atoms with E-state index in [9.17, 15) is 18.0 Å². The Bertz CT molecular complexity index is 591. The summed E-state index contributed by atoms with van der Waals surface area (Å²) < 4.78 is 39.7. The van der Waals surface area contributed by atoms with Crippen molar-refractivity contribution in [1.29, 1.82) is 0 Å². The minimum absolute atomic E-state index is 0.0678. The number of nitrogens with zero attached hydrogens (tertiary/aromatic N) is 2. The third kappa shape index (κ3) is 3.08. The van der Waals surface area contributed by atoms with Crippen LogP contribution in [0.4, 0.5) is 13.2 Å². The molecular formula is C12H10F3N3O2. The molecule has 1 aliphatic rings. The number of nitrogens with two attached hydrogens (primary N) is 1. The van der Waals surface area contributed by atoms with Crippen molar-refractivity contribution in [2.75, 3.05) is 7.05 Å². The zero-order valence-corrected chi connectivity index (χ0v) is 10.3.